The van der Waals surface area contributed by atoms with Crippen LogP contribution in [0.15, 0.2) is 72.8 Å². The SMILES string of the molecule is Fc1ccc(CC2Cc3ccccc3CN2CCNCc2ccc(N3CCOCC3)cc2)cc1. The summed E-state index contributed by atoms with van der Waals surface area (Å²) in [5, 5.41) is 3.64. The fourth-order valence-electron chi connectivity index (χ4n) is 5.10. The van der Waals surface area contributed by atoms with Gasteiger partial charge in [-0.2, -0.15) is 0 Å². The van der Waals surface area contributed by atoms with Gasteiger partial charge in [0, 0.05) is 51.0 Å². The van der Waals surface area contributed by atoms with E-state index in [4.69, 9.17) is 4.74 Å². The van der Waals surface area contributed by atoms with Gasteiger partial charge in [0.05, 0.1) is 13.2 Å². The van der Waals surface area contributed by atoms with Crippen molar-refractivity contribution in [3.8, 4) is 0 Å². The second-order valence-electron chi connectivity index (χ2n) is 9.37. The zero-order valence-corrected chi connectivity index (χ0v) is 19.8. The molecular formula is C29H34FN3O. The summed E-state index contributed by atoms with van der Waals surface area (Å²) in [6, 6.07) is 25.1. The van der Waals surface area contributed by atoms with Gasteiger partial charge in [0.1, 0.15) is 5.82 Å². The molecule has 0 spiro atoms. The van der Waals surface area contributed by atoms with Crippen LogP contribution >= 0.6 is 0 Å². The topological polar surface area (TPSA) is 27.7 Å². The van der Waals surface area contributed by atoms with Crippen LogP contribution in [0.25, 0.3) is 0 Å². The molecular weight excluding hydrogens is 425 g/mol. The average Bonchev–Trinajstić information content (AvgIpc) is 2.89. The van der Waals surface area contributed by atoms with Gasteiger partial charge in [-0.15, -0.1) is 0 Å². The zero-order chi connectivity index (χ0) is 23.2. The third-order valence-corrected chi connectivity index (χ3v) is 7.07. The number of nitrogens with zero attached hydrogens (tertiary/aromatic N) is 2. The molecule has 3 aromatic rings. The number of ether oxygens (including phenoxy) is 1. The van der Waals surface area contributed by atoms with E-state index >= 15 is 0 Å². The van der Waals surface area contributed by atoms with Crippen LogP contribution in [0.2, 0.25) is 0 Å². The molecule has 0 bridgehead atoms. The Balaban J connectivity index is 1.16. The molecule has 2 aliphatic heterocycles. The van der Waals surface area contributed by atoms with Crippen LogP contribution in [0.5, 0.6) is 0 Å². The van der Waals surface area contributed by atoms with Crippen molar-refractivity contribution in [2.75, 3.05) is 44.3 Å². The van der Waals surface area contributed by atoms with Gasteiger partial charge in [0.2, 0.25) is 0 Å². The van der Waals surface area contributed by atoms with Crippen LogP contribution in [0.1, 0.15) is 22.3 Å². The number of nitrogens with one attached hydrogen (secondary N) is 1. The molecule has 0 radical (unpaired) electrons. The normalized spacial score (nSPS) is 18.6. The first-order valence-electron chi connectivity index (χ1n) is 12.4. The summed E-state index contributed by atoms with van der Waals surface area (Å²) in [5.41, 5.74) is 6.66. The van der Waals surface area contributed by atoms with Crippen molar-refractivity contribution in [2.45, 2.75) is 32.0 Å². The minimum Gasteiger partial charge on any atom is -0.378 e. The Morgan fingerprint density at radius 3 is 2.32 bits per heavy atom. The standard InChI is InChI=1S/C29H34FN3O/c30-27-9-5-23(6-10-27)19-29-20-25-3-1-2-4-26(25)22-33(29)14-13-31-21-24-7-11-28(12-8-24)32-15-17-34-18-16-32/h1-12,29,31H,13-22H2. The van der Waals surface area contributed by atoms with Crippen molar-refractivity contribution >= 4 is 5.69 Å². The van der Waals surface area contributed by atoms with E-state index < -0.39 is 0 Å². The van der Waals surface area contributed by atoms with Crippen molar-refractivity contribution in [2.24, 2.45) is 0 Å². The van der Waals surface area contributed by atoms with Crippen molar-refractivity contribution in [3.63, 3.8) is 0 Å². The molecule has 4 nitrogen and oxygen atoms in total. The molecule has 1 atom stereocenters. The summed E-state index contributed by atoms with van der Waals surface area (Å²) in [6.45, 7) is 7.33. The Bertz CT molecular complexity index is 1050. The lowest BCUT2D eigenvalue weighted by Gasteiger charge is -2.37. The molecule has 5 rings (SSSR count). The molecule has 1 saturated heterocycles. The molecule has 0 amide bonds. The Kier molecular flexibility index (Phi) is 7.54. The third kappa shape index (κ3) is 5.84. The van der Waals surface area contributed by atoms with Crippen molar-refractivity contribution < 1.29 is 9.13 Å². The highest BCUT2D eigenvalue weighted by Crippen LogP contribution is 2.25. The van der Waals surface area contributed by atoms with E-state index in [2.05, 4.69) is 63.6 Å². The first kappa shape index (κ1) is 23.0. The van der Waals surface area contributed by atoms with Crippen LogP contribution < -0.4 is 10.2 Å². The molecule has 178 valence electrons. The van der Waals surface area contributed by atoms with Gasteiger partial charge >= 0.3 is 0 Å². The number of hydrogen-bond acceptors (Lipinski definition) is 4. The van der Waals surface area contributed by atoms with Gasteiger partial charge in [-0.3, -0.25) is 4.90 Å². The summed E-state index contributed by atoms with van der Waals surface area (Å²) in [6.07, 6.45) is 1.98. The Labute approximate surface area is 202 Å². The van der Waals surface area contributed by atoms with Gasteiger partial charge in [-0.1, -0.05) is 48.5 Å². The lowest BCUT2D eigenvalue weighted by Crippen LogP contribution is -2.44. The van der Waals surface area contributed by atoms with E-state index in [1.807, 2.05) is 12.1 Å². The molecule has 1 fully saturated rings. The van der Waals surface area contributed by atoms with Crippen molar-refractivity contribution in [1.29, 1.82) is 0 Å². The number of hydrogen-bond donors (Lipinski definition) is 1. The summed E-state index contributed by atoms with van der Waals surface area (Å²) >= 11 is 0. The van der Waals surface area contributed by atoms with E-state index in [1.54, 1.807) is 12.1 Å². The smallest absolute Gasteiger partial charge is 0.123 e. The maximum atomic E-state index is 13.4. The fourth-order valence-corrected chi connectivity index (χ4v) is 5.10. The first-order chi connectivity index (χ1) is 16.7. The number of halogens is 1. The molecule has 2 aliphatic rings. The Morgan fingerprint density at radius 1 is 0.853 bits per heavy atom. The third-order valence-electron chi connectivity index (χ3n) is 7.07. The summed E-state index contributed by atoms with van der Waals surface area (Å²) in [4.78, 5) is 4.97. The van der Waals surface area contributed by atoms with Gasteiger partial charge in [-0.05, 0) is 59.4 Å². The minimum absolute atomic E-state index is 0.170. The quantitative estimate of drug-likeness (QED) is 0.505. The average molecular weight is 460 g/mol. The van der Waals surface area contributed by atoms with Gasteiger partial charge < -0.3 is 15.0 Å². The minimum atomic E-state index is -0.170. The molecule has 1 N–H and O–H groups in total. The van der Waals surface area contributed by atoms with Gasteiger partial charge in [0.25, 0.3) is 0 Å². The van der Waals surface area contributed by atoms with Crippen molar-refractivity contribution in [3.05, 3.63) is 101 Å². The van der Waals surface area contributed by atoms with Crippen molar-refractivity contribution in [1.82, 2.24) is 10.2 Å². The molecule has 2 heterocycles. The van der Waals surface area contributed by atoms with Crippen LogP contribution in [0.3, 0.4) is 0 Å². The predicted molar refractivity (Wildman–Crippen MR) is 136 cm³/mol. The number of rotatable bonds is 8. The first-order valence-corrected chi connectivity index (χ1v) is 12.4. The molecule has 34 heavy (non-hydrogen) atoms. The highest BCUT2D eigenvalue weighted by Gasteiger charge is 2.25. The lowest BCUT2D eigenvalue weighted by atomic mass is 9.90. The number of benzene rings is 3. The summed E-state index contributed by atoms with van der Waals surface area (Å²) in [5.74, 6) is -0.170. The highest BCUT2D eigenvalue weighted by atomic mass is 19.1. The molecule has 0 saturated carbocycles. The highest BCUT2D eigenvalue weighted by molar-refractivity contribution is 5.47. The van der Waals surface area contributed by atoms with Crippen LogP contribution in [0.4, 0.5) is 10.1 Å². The largest absolute Gasteiger partial charge is 0.378 e. The van der Waals surface area contributed by atoms with Crippen LogP contribution in [0, 0.1) is 5.82 Å². The van der Waals surface area contributed by atoms with E-state index in [9.17, 15) is 4.39 Å². The Hall–Kier alpha value is -2.73. The molecule has 5 heteroatoms. The summed E-state index contributed by atoms with van der Waals surface area (Å²) in [7, 11) is 0. The number of morpholine rings is 1. The van der Waals surface area contributed by atoms with E-state index in [0.717, 1.165) is 65.3 Å². The van der Waals surface area contributed by atoms with E-state index in [0.29, 0.717) is 6.04 Å². The van der Waals surface area contributed by atoms with Gasteiger partial charge in [0.15, 0.2) is 0 Å². The summed E-state index contributed by atoms with van der Waals surface area (Å²) < 4.78 is 18.8. The molecule has 3 aromatic carbocycles. The molecule has 0 aromatic heterocycles. The van der Waals surface area contributed by atoms with Crippen LogP contribution in [-0.4, -0.2) is 50.3 Å². The van der Waals surface area contributed by atoms with Gasteiger partial charge in [-0.25, -0.2) is 4.39 Å². The predicted octanol–water partition coefficient (Wildman–Crippen LogP) is 4.42. The van der Waals surface area contributed by atoms with E-state index in [1.165, 1.54) is 27.9 Å². The molecule has 0 aliphatic carbocycles. The second-order valence-corrected chi connectivity index (χ2v) is 9.37. The maximum absolute atomic E-state index is 13.4. The fraction of sp³-hybridized carbons (Fsp3) is 0.379. The van der Waals surface area contributed by atoms with E-state index in [-0.39, 0.29) is 5.82 Å². The number of anilines is 1. The second kappa shape index (κ2) is 11.1. The molecule has 1 unspecified atom stereocenters. The number of fused-ring (bicyclic) bond motifs is 1. The van der Waals surface area contributed by atoms with Crippen LogP contribution in [-0.2, 0) is 30.7 Å². The lowest BCUT2D eigenvalue weighted by molar-refractivity contribution is 0.122. The Morgan fingerprint density at radius 2 is 1.56 bits per heavy atom. The monoisotopic (exact) mass is 459 g/mol. The zero-order valence-electron chi connectivity index (χ0n) is 19.8. The maximum Gasteiger partial charge on any atom is 0.123 e.